The van der Waals surface area contributed by atoms with Crippen molar-refractivity contribution in [3.63, 3.8) is 0 Å². The van der Waals surface area contributed by atoms with Crippen molar-refractivity contribution in [2.45, 2.75) is 33.3 Å². The summed E-state index contributed by atoms with van der Waals surface area (Å²) in [7, 11) is 0. The lowest BCUT2D eigenvalue weighted by atomic mass is 10.2. The third-order valence-corrected chi connectivity index (χ3v) is 1.26. The van der Waals surface area contributed by atoms with Crippen molar-refractivity contribution in [1.82, 2.24) is 5.32 Å². The number of amides is 1. The average molecular weight is 227 g/mol. The van der Waals surface area contributed by atoms with E-state index in [0.717, 1.165) is 0 Å². The van der Waals surface area contributed by atoms with Crippen molar-refractivity contribution < 1.29 is 19.1 Å². The standard InChI is InChI=1S/C11H17NO4/c1-5-6-7-15-9(13)8-12-10(14)16-11(2,3)4/h7-8H2,1-4H3,(H,12,14). The number of esters is 1. The summed E-state index contributed by atoms with van der Waals surface area (Å²) >= 11 is 0. The van der Waals surface area contributed by atoms with E-state index in [-0.39, 0.29) is 13.2 Å². The number of ether oxygens (including phenoxy) is 2. The first-order chi connectivity index (χ1) is 7.35. The Labute approximate surface area is 95.5 Å². The highest BCUT2D eigenvalue weighted by Gasteiger charge is 2.16. The molecule has 5 nitrogen and oxygen atoms in total. The zero-order valence-electron chi connectivity index (χ0n) is 10.0. The van der Waals surface area contributed by atoms with E-state index in [1.807, 2.05) is 0 Å². The third-order valence-electron chi connectivity index (χ3n) is 1.26. The van der Waals surface area contributed by atoms with E-state index in [0.29, 0.717) is 0 Å². The molecule has 0 spiro atoms. The van der Waals surface area contributed by atoms with Gasteiger partial charge in [-0.25, -0.2) is 4.79 Å². The van der Waals surface area contributed by atoms with E-state index < -0.39 is 17.7 Å². The van der Waals surface area contributed by atoms with E-state index in [9.17, 15) is 9.59 Å². The quantitative estimate of drug-likeness (QED) is 0.578. The Morgan fingerprint density at radius 1 is 1.31 bits per heavy atom. The summed E-state index contributed by atoms with van der Waals surface area (Å²) in [6.45, 7) is 6.67. The normalized spacial score (nSPS) is 9.75. The fraction of sp³-hybridized carbons (Fsp3) is 0.636. The molecule has 0 aliphatic carbocycles. The lowest BCUT2D eigenvalue weighted by molar-refractivity contribution is -0.141. The van der Waals surface area contributed by atoms with Gasteiger partial charge in [-0.15, -0.1) is 5.92 Å². The Kier molecular flexibility index (Phi) is 6.01. The Balaban J connectivity index is 3.74. The van der Waals surface area contributed by atoms with Gasteiger partial charge in [0.05, 0.1) is 0 Å². The number of rotatable bonds is 3. The van der Waals surface area contributed by atoms with E-state index in [4.69, 9.17) is 4.74 Å². The fourth-order valence-corrected chi connectivity index (χ4v) is 0.698. The molecule has 0 heterocycles. The van der Waals surface area contributed by atoms with Crippen LogP contribution in [0.5, 0.6) is 0 Å². The van der Waals surface area contributed by atoms with E-state index in [1.54, 1.807) is 27.7 Å². The molecule has 0 aromatic rings. The number of hydrogen-bond donors (Lipinski definition) is 1. The van der Waals surface area contributed by atoms with Gasteiger partial charge in [0.2, 0.25) is 0 Å². The van der Waals surface area contributed by atoms with E-state index in [2.05, 4.69) is 21.9 Å². The molecule has 0 fully saturated rings. The van der Waals surface area contributed by atoms with Crippen molar-refractivity contribution in [2.75, 3.05) is 13.2 Å². The molecule has 0 aromatic carbocycles. The minimum atomic E-state index is -0.647. The highest BCUT2D eigenvalue weighted by atomic mass is 16.6. The van der Waals surface area contributed by atoms with Gasteiger partial charge in [-0.1, -0.05) is 5.92 Å². The first-order valence-corrected chi connectivity index (χ1v) is 4.87. The van der Waals surface area contributed by atoms with Crippen LogP contribution in [0.2, 0.25) is 0 Å². The van der Waals surface area contributed by atoms with Crippen LogP contribution in [0.1, 0.15) is 27.7 Å². The number of carbonyl (C=O) groups excluding carboxylic acids is 2. The Morgan fingerprint density at radius 2 is 1.94 bits per heavy atom. The molecule has 1 N–H and O–H groups in total. The summed E-state index contributed by atoms with van der Waals surface area (Å²) in [6, 6.07) is 0. The van der Waals surface area contributed by atoms with Crippen LogP contribution in [0.15, 0.2) is 0 Å². The van der Waals surface area contributed by atoms with E-state index in [1.165, 1.54) is 0 Å². The number of nitrogens with one attached hydrogen (secondary N) is 1. The number of alkyl carbamates (subject to hydrolysis) is 1. The fourth-order valence-electron chi connectivity index (χ4n) is 0.698. The van der Waals surface area contributed by atoms with Crippen LogP contribution in [-0.2, 0) is 14.3 Å². The maximum Gasteiger partial charge on any atom is 0.408 e. The molecular formula is C11H17NO4. The third kappa shape index (κ3) is 8.88. The van der Waals surface area contributed by atoms with Gasteiger partial charge < -0.3 is 14.8 Å². The van der Waals surface area contributed by atoms with Crippen LogP contribution in [0.3, 0.4) is 0 Å². The van der Waals surface area contributed by atoms with Crippen LogP contribution in [0, 0.1) is 11.8 Å². The molecule has 1 amide bonds. The summed E-state index contributed by atoms with van der Waals surface area (Å²) in [6.07, 6.45) is -0.647. The van der Waals surface area contributed by atoms with Gasteiger partial charge in [0.1, 0.15) is 12.1 Å². The van der Waals surface area contributed by atoms with Gasteiger partial charge in [0, 0.05) is 0 Å². The van der Waals surface area contributed by atoms with Crippen LogP contribution < -0.4 is 5.32 Å². The van der Waals surface area contributed by atoms with Crippen molar-refractivity contribution in [2.24, 2.45) is 0 Å². The Morgan fingerprint density at radius 3 is 2.44 bits per heavy atom. The molecule has 0 aliphatic heterocycles. The number of carbonyl (C=O) groups is 2. The Hall–Kier alpha value is -1.70. The summed E-state index contributed by atoms with van der Waals surface area (Å²) in [5.74, 6) is 4.60. The molecule has 0 bridgehead atoms. The summed E-state index contributed by atoms with van der Waals surface area (Å²) in [5, 5.41) is 2.28. The molecule has 0 unspecified atom stereocenters. The molecule has 0 aliphatic rings. The molecule has 90 valence electrons. The lowest BCUT2D eigenvalue weighted by Crippen LogP contribution is -2.36. The lowest BCUT2D eigenvalue weighted by Gasteiger charge is -2.19. The van der Waals surface area contributed by atoms with Crippen molar-refractivity contribution >= 4 is 12.1 Å². The Bertz CT molecular complexity index is 306. The molecule has 0 atom stereocenters. The minimum absolute atomic E-state index is 0.0331. The monoisotopic (exact) mass is 227 g/mol. The molecule has 0 saturated heterocycles. The second-order valence-corrected chi connectivity index (χ2v) is 3.94. The maximum atomic E-state index is 11.1. The van der Waals surface area contributed by atoms with Gasteiger partial charge in [-0.2, -0.15) is 0 Å². The van der Waals surface area contributed by atoms with E-state index >= 15 is 0 Å². The van der Waals surface area contributed by atoms with Crippen LogP contribution >= 0.6 is 0 Å². The smallest absolute Gasteiger partial charge is 0.408 e. The van der Waals surface area contributed by atoms with Gasteiger partial charge in [-0.3, -0.25) is 4.79 Å². The van der Waals surface area contributed by atoms with Crippen LogP contribution in [0.25, 0.3) is 0 Å². The summed E-state index contributed by atoms with van der Waals surface area (Å²) in [5.41, 5.74) is -0.582. The van der Waals surface area contributed by atoms with Crippen molar-refractivity contribution in [1.29, 1.82) is 0 Å². The van der Waals surface area contributed by atoms with Crippen LogP contribution in [0.4, 0.5) is 4.79 Å². The average Bonchev–Trinajstić information content (AvgIpc) is 2.12. The minimum Gasteiger partial charge on any atom is -0.451 e. The molecule has 0 aromatic heterocycles. The van der Waals surface area contributed by atoms with Gasteiger partial charge in [0.25, 0.3) is 0 Å². The molecule has 0 saturated carbocycles. The first kappa shape index (κ1) is 14.3. The zero-order valence-corrected chi connectivity index (χ0v) is 10.0. The second-order valence-electron chi connectivity index (χ2n) is 3.94. The predicted octanol–water partition coefficient (Wildman–Crippen LogP) is 1.08. The predicted molar refractivity (Wildman–Crippen MR) is 58.6 cm³/mol. The first-order valence-electron chi connectivity index (χ1n) is 4.87. The largest absolute Gasteiger partial charge is 0.451 e. The van der Waals surface area contributed by atoms with Crippen molar-refractivity contribution in [3.05, 3.63) is 0 Å². The van der Waals surface area contributed by atoms with Gasteiger partial charge >= 0.3 is 12.1 Å². The SMILES string of the molecule is CC#CCOC(=O)CNC(=O)OC(C)(C)C. The summed E-state index contributed by atoms with van der Waals surface area (Å²) < 4.78 is 9.61. The van der Waals surface area contributed by atoms with Crippen LogP contribution in [-0.4, -0.2) is 30.8 Å². The summed E-state index contributed by atoms with van der Waals surface area (Å²) in [4.78, 5) is 22.2. The molecule has 16 heavy (non-hydrogen) atoms. The topological polar surface area (TPSA) is 64.6 Å². The van der Waals surface area contributed by atoms with Crippen molar-refractivity contribution in [3.8, 4) is 11.8 Å². The number of hydrogen-bond acceptors (Lipinski definition) is 4. The second kappa shape index (κ2) is 6.72. The maximum absolute atomic E-state index is 11.1. The molecular weight excluding hydrogens is 210 g/mol. The zero-order chi connectivity index (χ0) is 12.6. The van der Waals surface area contributed by atoms with Gasteiger partial charge in [0.15, 0.2) is 6.61 Å². The highest BCUT2D eigenvalue weighted by molar-refractivity contribution is 5.78. The molecule has 5 heteroatoms. The molecule has 0 rings (SSSR count). The highest BCUT2D eigenvalue weighted by Crippen LogP contribution is 2.05. The molecule has 0 radical (unpaired) electrons. The van der Waals surface area contributed by atoms with Gasteiger partial charge in [-0.05, 0) is 27.7 Å².